The Morgan fingerprint density at radius 1 is 1.03 bits per heavy atom. The SMILES string of the molecule is NS(=O)(=O)c1cccc(CNC(=O)c2cccnc2Nc2cccc(C(F)(F)F)c2)c1. The monoisotopic (exact) mass is 450 g/mol. The lowest BCUT2D eigenvalue weighted by Crippen LogP contribution is -2.24. The molecule has 0 spiro atoms. The van der Waals surface area contributed by atoms with Crippen LogP contribution in [0.5, 0.6) is 0 Å². The van der Waals surface area contributed by atoms with Gasteiger partial charge in [0.2, 0.25) is 10.0 Å². The minimum absolute atomic E-state index is 0.0000858. The number of carbonyl (C=O) groups is 1. The number of sulfonamides is 1. The topological polar surface area (TPSA) is 114 Å². The van der Waals surface area contributed by atoms with Crippen molar-refractivity contribution in [2.45, 2.75) is 17.6 Å². The van der Waals surface area contributed by atoms with Gasteiger partial charge in [0.1, 0.15) is 5.82 Å². The van der Waals surface area contributed by atoms with E-state index in [1.807, 2.05) is 0 Å². The maximum Gasteiger partial charge on any atom is 0.416 e. The van der Waals surface area contributed by atoms with Crippen LogP contribution in [0, 0.1) is 0 Å². The van der Waals surface area contributed by atoms with E-state index in [0.717, 1.165) is 12.1 Å². The number of carbonyl (C=O) groups excluding carboxylic acids is 1. The molecule has 1 aromatic heterocycles. The highest BCUT2D eigenvalue weighted by atomic mass is 32.2. The Morgan fingerprint density at radius 3 is 2.48 bits per heavy atom. The molecule has 0 saturated carbocycles. The van der Waals surface area contributed by atoms with Crippen molar-refractivity contribution in [2.75, 3.05) is 5.32 Å². The Bertz CT molecular complexity index is 1210. The number of benzene rings is 2. The van der Waals surface area contributed by atoms with E-state index < -0.39 is 27.7 Å². The van der Waals surface area contributed by atoms with Gasteiger partial charge in [-0.15, -0.1) is 0 Å². The van der Waals surface area contributed by atoms with E-state index in [-0.39, 0.29) is 28.5 Å². The second-order valence-corrected chi connectivity index (χ2v) is 8.04. The molecule has 31 heavy (non-hydrogen) atoms. The molecule has 162 valence electrons. The van der Waals surface area contributed by atoms with Gasteiger partial charge in [-0.3, -0.25) is 4.79 Å². The molecule has 0 saturated heterocycles. The van der Waals surface area contributed by atoms with Crippen molar-refractivity contribution in [1.29, 1.82) is 0 Å². The molecule has 7 nitrogen and oxygen atoms in total. The van der Waals surface area contributed by atoms with Crippen LogP contribution in [0.25, 0.3) is 0 Å². The third kappa shape index (κ3) is 5.80. The molecule has 0 aliphatic heterocycles. The Hall–Kier alpha value is -3.44. The van der Waals surface area contributed by atoms with Gasteiger partial charge in [-0.25, -0.2) is 18.5 Å². The summed E-state index contributed by atoms with van der Waals surface area (Å²) >= 11 is 0. The van der Waals surface area contributed by atoms with E-state index in [0.29, 0.717) is 5.56 Å². The van der Waals surface area contributed by atoms with E-state index in [2.05, 4.69) is 15.6 Å². The molecule has 0 aliphatic carbocycles. The highest BCUT2D eigenvalue weighted by Gasteiger charge is 2.30. The first kappa shape index (κ1) is 22.2. The number of aromatic nitrogens is 1. The number of alkyl halides is 3. The van der Waals surface area contributed by atoms with E-state index in [1.165, 1.54) is 48.7 Å². The minimum Gasteiger partial charge on any atom is -0.348 e. The van der Waals surface area contributed by atoms with Crippen LogP contribution < -0.4 is 15.8 Å². The molecular formula is C20H17F3N4O3S. The quantitative estimate of drug-likeness (QED) is 0.533. The first-order valence-electron chi connectivity index (χ1n) is 8.83. The summed E-state index contributed by atoms with van der Waals surface area (Å²) < 4.78 is 61.7. The van der Waals surface area contributed by atoms with Gasteiger partial charge in [0, 0.05) is 18.4 Å². The molecule has 2 aromatic carbocycles. The molecule has 3 aromatic rings. The summed E-state index contributed by atoms with van der Waals surface area (Å²) in [5, 5.41) is 10.4. The standard InChI is InChI=1S/C20H17F3N4O3S/c21-20(22,23)14-5-2-6-15(11-14)27-18-17(8-3-9-25-18)19(28)26-12-13-4-1-7-16(10-13)31(24,29)30/h1-11H,12H2,(H,25,27)(H,26,28)(H2,24,29,30). The van der Waals surface area contributed by atoms with Crippen LogP contribution in [0.15, 0.2) is 71.8 Å². The molecule has 1 amide bonds. The van der Waals surface area contributed by atoms with Crippen molar-refractivity contribution in [2.24, 2.45) is 5.14 Å². The van der Waals surface area contributed by atoms with Crippen molar-refractivity contribution in [3.8, 4) is 0 Å². The predicted molar refractivity (Wildman–Crippen MR) is 108 cm³/mol. The number of amides is 1. The highest BCUT2D eigenvalue weighted by molar-refractivity contribution is 7.89. The lowest BCUT2D eigenvalue weighted by molar-refractivity contribution is -0.137. The van der Waals surface area contributed by atoms with Crippen molar-refractivity contribution in [1.82, 2.24) is 10.3 Å². The summed E-state index contributed by atoms with van der Waals surface area (Å²) in [5.74, 6) is -0.485. The summed E-state index contributed by atoms with van der Waals surface area (Å²) in [6.07, 6.45) is -3.12. The number of halogens is 3. The number of nitrogens with two attached hydrogens (primary N) is 1. The fourth-order valence-electron chi connectivity index (χ4n) is 2.71. The molecule has 1 heterocycles. The van der Waals surface area contributed by atoms with Crippen molar-refractivity contribution >= 4 is 27.4 Å². The molecule has 11 heteroatoms. The van der Waals surface area contributed by atoms with Gasteiger partial charge in [-0.2, -0.15) is 13.2 Å². The van der Waals surface area contributed by atoms with Crippen LogP contribution in [-0.4, -0.2) is 19.3 Å². The third-order valence-corrected chi connectivity index (χ3v) is 5.10. The Morgan fingerprint density at radius 2 is 1.77 bits per heavy atom. The number of pyridine rings is 1. The smallest absolute Gasteiger partial charge is 0.348 e. The number of primary sulfonamides is 1. The van der Waals surface area contributed by atoms with Gasteiger partial charge in [-0.05, 0) is 48.0 Å². The molecule has 3 rings (SSSR count). The molecule has 0 atom stereocenters. The number of rotatable bonds is 6. The van der Waals surface area contributed by atoms with Crippen LogP contribution in [0.3, 0.4) is 0 Å². The normalized spacial score (nSPS) is 11.7. The minimum atomic E-state index is -4.51. The van der Waals surface area contributed by atoms with Crippen LogP contribution in [-0.2, 0) is 22.7 Å². The molecule has 0 radical (unpaired) electrons. The summed E-state index contributed by atoms with van der Waals surface area (Å²) in [5.41, 5.74) is -0.128. The number of nitrogens with zero attached hydrogens (tertiary/aromatic N) is 1. The second kappa shape index (κ2) is 8.74. The lowest BCUT2D eigenvalue weighted by Gasteiger charge is -2.13. The molecular weight excluding hydrogens is 433 g/mol. The van der Waals surface area contributed by atoms with Crippen LogP contribution in [0.1, 0.15) is 21.5 Å². The Balaban J connectivity index is 1.77. The average Bonchev–Trinajstić information content (AvgIpc) is 2.72. The fourth-order valence-corrected chi connectivity index (χ4v) is 3.29. The predicted octanol–water partition coefficient (Wildman–Crippen LogP) is 3.42. The van der Waals surface area contributed by atoms with Gasteiger partial charge in [0.15, 0.2) is 0 Å². The van der Waals surface area contributed by atoms with E-state index in [9.17, 15) is 26.4 Å². The second-order valence-electron chi connectivity index (χ2n) is 6.48. The average molecular weight is 450 g/mol. The summed E-state index contributed by atoms with van der Waals surface area (Å²) in [4.78, 5) is 16.6. The number of hydrogen-bond donors (Lipinski definition) is 3. The first-order valence-corrected chi connectivity index (χ1v) is 10.4. The molecule has 0 unspecified atom stereocenters. The summed E-state index contributed by atoms with van der Waals surface area (Å²) in [7, 11) is -3.88. The Labute approximate surface area is 176 Å². The zero-order chi connectivity index (χ0) is 22.6. The largest absolute Gasteiger partial charge is 0.416 e. The van der Waals surface area contributed by atoms with Crippen molar-refractivity contribution in [3.05, 3.63) is 83.6 Å². The lowest BCUT2D eigenvalue weighted by atomic mass is 10.1. The van der Waals surface area contributed by atoms with Gasteiger partial charge in [0.05, 0.1) is 16.0 Å². The number of nitrogens with one attached hydrogen (secondary N) is 2. The molecule has 0 fully saturated rings. The maximum absolute atomic E-state index is 12.9. The Kier molecular flexibility index (Phi) is 6.27. The first-order chi connectivity index (χ1) is 14.5. The van der Waals surface area contributed by atoms with Gasteiger partial charge in [0.25, 0.3) is 5.91 Å². The van der Waals surface area contributed by atoms with E-state index in [4.69, 9.17) is 5.14 Å². The van der Waals surface area contributed by atoms with Gasteiger partial charge in [-0.1, -0.05) is 18.2 Å². The highest BCUT2D eigenvalue weighted by Crippen LogP contribution is 2.31. The summed E-state index contributed by atoms with van der Waals surface area (Å²) in [6, 6.07) is 13.2. The van der Waals surface area contributed by atoms with E-state index in [1.54, 1.807) is 6.07 Å². The summed E-state index contributed by atoms with van der Waals surface area (Å²) in [6.45, 7) is 0.0000858. The van der Waals surface area contributed by atoms with Crippen LogP contribution >= 0.6 is 0 Å². The van der Waals surface area contributed by atoms with Crippen LogP contribution in [0.4, 0.5) is 24.7 Å². The van der Waals surface area contributed by atoms with Crippen molar-refractivity contribution < 1.29 is 26.4 Å². The third-order valence-electron chi connectivity index (χ3n) is 4.19. The number of hydrogen-bond acceptors (Lipinski definition) is 5. The zero-order valence-corrected chi connectivity index (χ0v) is 16.7. The van der Waals surface area contributed by atoms with Crippen LogP contribution in [0.2, 0.25) is 0 Å². The zero-order valence-electron chi connectivity index (χ0n) is 15.8. The van der Waals surface area contributed by atoms with Gasteiger partial charge < -0.3 is 10.6 Å². The molecule has 0 bridgehead atoms. The van der Waals surface area contributed by atoms with Gasteiger partial charge >= 0.3 is 6.18 Å². The maximum atomic E-state index is 12.9. The molecule has 4 N–H and O–H groups in total. The fraction of sp³-hybridized carbons (Fsp3) is 0.100. The number of anilines is 2. The molecule has 0 aliphatic rings. The van der Waals surface area contributed by atoms with Crippen molar-refractivity contribution in [3.63, 3.8) is 0 Å². The van der Waals surface area contributed by atoms with E-state index >= 15 is 0 Å².